The summed E-state index contributed by atoms with van der Waals surface area (Å²) in [7, 11) is 1.78. The first-order valence-corrected chi connectivity index (χ1v) is 16.2. The van der Waals surface area contributed by atoms with Gasteiger partial charge in [-0.1, -0.05) is 0 Å². The summed E-state index contributed by atoms with van der Waals surface area (Å²) in [5.74, 6) is 0.844. The molecule has 3 nitrogen and oxygen atoms in total. The zero-order valence-corrected chi connectivity index (χ0v) is 13.4. The van der Waals surface area contributed by atoms with E-state index in [1.807, 2.05) is 6.92 Å². The van der Waals surface area contributed by atoms with Gasteiger partial charge in [0.25, 0.3) is 0 Å². The Labute approximate surface area is 96.8 Å². The van der Waals surface area contributed by atoms with Crippen molar-refractivity contribution in [2.75, 3.05) is 7.05 Å². The average Bonchev–Trinajstić information content (AvgIpc) is 2.82. The van der Waals surface area contributed by atoms with E-state index in [4.69, 9.17) is 0 Å². The standard InChI is InChI=1S/C8H13N2O.3CH3.Sn/c1-6(8-4-5-8)9-10(3)7(2)11;;;;/h8H,2,4-5H2,1,3H3;3*1H3;. The first kappa shape index (κ1) is 13.0. The van der Waals surface area contributed by atoms with Gasteiger partial charge in [-0.3, -0.25) is 0 Å². The van der Waals surface area contributed by atoms with Crippen LogP contribution in [-0.2, 0) is 4.79 Å². The summed E-state index contributed by atoms with van der Waals surface area (Å²) in [6.45, 7) is 2.03. The van der Waals surface area contributed by atoms with E-state index in [2.05, 4.69) is 19.9 Å². The van der Waals surface area contributed by atoms with Gasteiger partial charge in [0, 0.05) is 0 Å². The molecular formula is C11H22N2OSn. The van der Waals surface area contributed by atoms with Gasteiger partial charge >= 0.3 is 96.9 Å². The molecule has 0 radical (unpaired) electrons. The van der Waals surface area contributed by atoms with Crippen LogP contribution in [0.5, 0.6) is 0 Å². The molecule has 1 amide bonds. The van der Waals surface area contributed by atoms with Gasteiger partial charge in [0.2, 0.25) is 0 Å². The molecule has 0 aliphatic heterocycles. The molecule has 0 aromatic carbocycles. The van der Waals surface area contributed by atoms with Crippen molar-refractivity contribution in [3.05, 3.63) is 0 Å². The molecule has 0 aromatic heterocycles. The fourth-order valence-corrected chi connectivity index (χ4v) is 4.69. The van der Waals surface area contributed by atoms with Crippen LogP contribution in [0.1, 0.15) is 19.8 Å². The fraction of sp³-hybridized carbons (Fsp3) is 0.818. The van der Waals surface area contributed by atoms with Gasteiger partial charge in [-0.15, -0.1) is 0 Å². The van der Waals surface area contributed by atoms with Crippen LogP contribution in [0.3, 0.4) is 0 Å². The molecule has 1 aliphatic carbocycles. The van der Waals surface area contributed by atoms with E-state index >= 15 is 0 Å². The van der Waals surface area contributed by atoms with Gasteiger partial charge < -0.3 is 0 Å². The Hall–Kier alpha value is -0.0613. The average molecular weight is 317 g/mol. The summed E-state index contributed by atoms with van der Waals surface area (Å²) >= 11 is -1.99. The van der Waals surface area contributed by atoms with Crippen molar-refractivity contribution in [3.63, 3.8) is 0 Å². The third kappa shape index (κ3) is 5.00. The second-order valence-corrected chi connectivity index (χ2v) is 21.3. The second kappa shape index (κ2) is 4.85. The molecule has 0 heterocycles. The SMILES string of the molecule is CC(=NN(C)C(=O)[CH2][Sn]([CH3])([CH3])[CH3])C1CC1. The molecule has 0 spiro atoms. The first-order chi connectivity index (χ1) is 6.79. The van der Waals surface area contributed by atoms with Crippen molar-refractivity contribution in [2.45, 2.75) is 39.0 Å². The molecule has 0 saturated heterocycles. The monoisotopic (exact) mass is 318 g/mol. The minimum atomic E-state index is -1.99. The van der Waals surface area contributed by atoms with Crippen LogP contribution in [0.25, 0.3) is 0 Å². The molecule has 1 fully saturated rings. The molecule has 0 unspecified atom stereocenters. The molecule has 0 atom stereocenters. The van der Waals surface area contributed by atoms with Crippen LogP contribution in [0.2, 0.25) is 19.3 Å². The van der Waals surface area contributed by atoms with Gasteiger partial charge in [0.05, 0.1) is 0 Å². The Bertz CT molecular complexity index is 277. The summed E-state index contributed by atoms with van der Waals surface area (Å²) in [4.78, 5) is 18.6. The molecule has 4 heteroatoms. The number of nitrogens with zero attached hydrogens (tertiary/aromatic N) is 2. The van der Waals surface area contributed by atoms with Crippen molar-refractivity contribution >= 4 is 30.0 Å². The third-order valence-electron chi connectivity index (χ3n) is 2.52. The Morgan fingerprint density at radius 3 is 2.33 bits per heavy atom. The van der Waals surface area contributed by atoms with Gasteiger partial charge in [0.1, 0.15) is 0 Å². The zero-order valence-electron chi connectivity index (χ0n) is 10.5. The number of carbonyl (C=O) groups excluding carboxylic acids is 1. The number of hydrogen-bond acceptors (Lipinski definition) is 2. The van der Waals surface area contributed by atoms with E-state index in [1.54, 1.807) is 12.1 Å². The predicted molar refractivity (Wildman–Crippen MR) is 66.8 cm³/mol. The van der Waals surface area contributed by atoms with E-state index in [9.17, 15) is 4.79 Å². The van der Waals surface area contributed by atoms with E-state index in [0.29, 0.717) is 5.92 Å². The molecule has 1 rings (SSSR count). The van der Waals surface area contributed by atoms with Crippen LogP contribution < -0.4 is 0 Å². The molecule has 15 heavy (non-hydrogen) atoms. The normalized spacial score (nSPS) is 17.8. The van der Waals surface area contributed by atoms with Crippen LogP contribution in [0, 0.1) is 5.92 Å². The maximum absolute atomic E-state index is 11.8. The van der Waals surface area contributed by atoms with Gasteiger partial charge in [-0.05, 0) is 0 Å². The van der Waals surface area contributed by atoms with Gasteiger partial charge in [-0.25, -0.2) is 0 Å². The van der Waals surface area contributed by atoms with Crippen molar-refractivity contribution < 1.29 is 4.79 Å². The van der Waals surface area contributed by atoms with Crippen LogP contribution in [0.4, 0.5) is 0 Å². The number of rotatable bonds is 4. The molecule has 0 aromatic rings. The van der Waals surface area contributed by atoms with Crippen molar-refractivity contribution in [1.29, 1.82) is 0 Å². The van der Waals surface area contributed by atoms with Crippen LogP contribution in [0.15, 0.2) is 5.10 Å². The van der Waals surface area contributed by atoms with E-state index in [-0.39, 0.29) is 5.91 Å². The van der Waals surface area contributed by atoms with E-state index in [0.717, 1.165) is 10.1 Å². The van der Waals surface area contributed by atoms with Crippen LogP contribution >= 0.6 is 0 Å². The fourth-order valence-electron chi connectivity index (χ4n) is 1.44. The number of hydrogen-bond donors (Lipinski definition) is 0. The number of carbonyl (C=O) groups is 1. The topological polar surface area (TPSA) is 32.7 Å². The van der Waals surface area contributed by atoms with Gasteiger partial charge in [0.15, 0.2) is 0 Å². The van der Waals surface area contributed by atoms with Crippen molar-refractivity contribution in [1.82, 2.24) is 5.01 Å². The quantitative estimate of drug-likeness (QED) is 0.446. The summed E-state index contributed by atoms with van der Waals surface area (Å²) in [5, 5.41) is 5.91. The van der Waals surface area contributed by atoms with Crippen molar-refractivity contribution in [3.8, 4) is 0 Å². The summed E-state index contributed by atoms with van der Waals surface area (Å²) < 4.78 is 0.757. The Balaban J connectivity index is 2.49. The molecular weight excluding hydrogens is 295 g/mol. The minimum absolute atomic E-state index is 0.193. The third-order valence-corrected chi connectivity index (χ3v) is 6.41. The first-order valence-electron chi connectivity index (χ1n) is 5.61. The number of hydrazone groups is 1. The maximum atomic E-state index is 11.8. The second-order valence-electron chi connectivity index (χ2n) is 5.67. The summed E-state index contributed by atoms with van der Waals surface area (Å²) in [6, 6.07) is 0. The Morgan fingerprint density at radius 1 is 1.40 bits per heavy atom. The summed E-state index contributed by atoms with van der Waals surface area (Å²) in [5.41, 5.74) is 1.12. The van der Waals surface area contributed by atoms with Crippen LogP contribution in [-0.4, -0.2) is 42.1 Å². The molecule has 86 valence electrons. The molecule has 1 saturated carbocycles. The Kier molecular flexibility index (Phi) is 4.20. The molecule has 0 N–H and O–H groups in total. The zero-order chi connectivity index (χ0) is 11.6. The van der Waals surface area contributed by atoms with Crippen molar-refractivity contribution in [2.24, 2.45) is 11.0 Å². The van der Waals surface area contributed by atoms with E-state index < -0.39 is 18.4 Å². The molecule has 1 aliphatic rings. The number of amides is 1. The summed E-state index contributed by atoms with van der Waals surface area (Å²) in [6.07, 6.45) is 2.49. The van der Waals surface area contributed by atoms with Gasteiger partial charge in [-0.2, -0.15) is 0 Å². The van der Waals surface area contributed by atoms with E-state index in [1.165, 1.54) is 12.8 Å². The predicted octanol–water partition coefficient (Wildman–Crippen LogP) is 2.57. The molecule has 0 bridgehead atoms. The Morgan fingerprint density at radius 2 is 1.93 bits per heavy atom.